The van der Waals surface area contributed by atoms with Crippen molar-refractivity contribution in [2.24, 2.45) is 5.92 Å². The van der Waals surface area contributed by atoms with E-state index < -0.39 is 0 Å². The molecule has 114 valence electrons. The number of nitrogens with zero attached hydrogens (tertiary/aromatic N) is 2. The lowest BCUT2D eigenvalue weighted by molar-refractivity contribution is -0.132. The minimum absolute atomic E-state index is 0.290. The highest BCUT2D eigenvalue weighted by Crippen LogP contribution is 2.21. The van der Waals surface area contributed by atoms with Gasteiger partial charge in [-0.05, 0) is 49.7 Å². The first-order valence-electron chi connectivity index (χ1n) is 7.75. The van der Waals surface area contributed by atoms with E-state index in [9.17, 15) is 9.90 Å². The van der Waals surface area contributed by atoms with Crippen LogP contribution in [-0.2, 0) is 4.79 Å². The summed E-state index contributed by atoms with van der Waals surface area (Å²) in [4.78, 5) is 16.5. The predicted molar refractivity (Wildman–Crippen MR) is 82.5 cm³/mol. The standard InChI is InChI=1S/C16H23N3O2/c20-15-3-1-14(2-4-15)18-7-9-19(10-8-18)16(21)11-13-5-6-17-12-13/h1-4,13,17,20H,5-12H2. The number of amides is 1. The lowest BCUT2D eigenvalue weighted by atomic mass is 10.0. The Bertz CT molecular complexity index is 475. The molecule has 0 radical (unpaired) electrons. The SMILES string of the molecule is O=C(CC1CCNC1)N1CCN(c2ccc(O)cc2)CC1. The van der Waals surface area contributed by atoms with Gasteiger partial charge in [-0.25, -0.2) is 0 Å². The van der Waals surface area contributed by atoms with Gasteiger partial charge in [0.2, 0.25) is 5.91 Å². The van der Waals surface area contributed by atoms with Crippen LogP contribution in [0.1, 0.15) is 12.8 Å². The fraction of sp³-hybridized carbons (Fsp3) is 0.562. The topological polar surface area (TPSA) is 55.8 Å². The lowest BCUT2D eigenvalue weighted by Gasteiger charge is -2.36. The second-order valence-corrected chi connectivity index (χ2v) is 5.95. The fourth-order valence-corrected chi connectivity index (χ4v) is 3.14. The van der Waals surface area contributed by atoms with Crippen molar-refractivity contribution in [2.75, 3.05) is 44.2 Å². The molecule has 1 atom stereocenters. The number of aromatic hydroxyl groups is 1. The van der Waals surface area contributed by atoms with Crippen LogP contribution in [0.4, 0.5) is 5.69 Å². The van der Waals surface area contributed by atoms with Crippen LogP contribution in [0, 0.1) is 5.92 Å². The summed E-state index contributed by atoms with van der Waals surface area (Å²) >= 11 is 0. The van der Waals surface area contributed by atoms with Gasteiger partial charge in [0.1, 0.15) is 5.75 Å². The van der Waals surface area contributed by atoms with Crippen LogP contribution in [0.15, 0.2) is 24.3 Å². The monoisotopic (exact) mass is 289 g/mol. The number of benzene rings is 1. The van der Waals surface area contributed by atoms with Crippen molar-refractivity contribution in [3.8, 4) is 5.75 Å². The van der Waals surface area contributed by atoms with Gasteiger partial charge in [0.25, 0.3) is 0 Å². The Hall–Kier alpha value is -1.75. The van der Waals surface area contributed by atoms with Gasteiger partial charge in [-0.2, -0.15) is 0 Å². The fourth-order valence-electron chi connectivity index (χ4n) is 3.14. The van der Waals surface area contributed by atoms with E-state index in [1.165, 1.54) is 0 Å². The first-order chi connectivity index (χ1) is 10.2. The van der Waals surface area contributed by atoms with Crippen molar-refractivity contribution >= 4 is 11.6 Å². The lowest BCUT2D eigenvalue weighted by Crippen LogP contribution is -2.49. The van der Waals surface area contributed by atoms with Crippen LogP contribution >= 0.6 is 0 Å². The van der Waals surface area contributed by atoms with Crippen LogP contribution in [0.5, 0.6) is 5.75 Å². The largest absolute Gasteiger partial charge is 0.508 e. The number of hydrogen-bond donors (Lipinski definition) is 2. The van der Waals surface area contributed by atoms with Gasteiger partial charge < -0.3 is 20.2 Å². The molecule has 0 spiro atoms. The number of rotatable bonds is 3. The summed E-state index contributed by atoms with van der Waals surface area (Å²) in [5, 5.41) is 12.6. The minimum atomic E-state index is 0.290. The summed E-state index contributed by atoms with van der Waals surface area (Å²) in [6.07, 6.45) is 1.81. The zero-order chi connectivity index (χ0) is 14.7. The maximum atomic E-state index is 12.3. The molecule has 2 N–H and O–H groups in total. The molecule has 3 rings (SSSR count). The number of hydrogen-bond acceptors (Lipinski definition) is 4. The molecular formula is C16H23N3O2. The molecular weight excluding hydrogens is 266 g/mol. The number of carbonyl (C=O) groups excluding carboxylic acids is 1. The van der Waals surface area contributed by atoms with Gasteiger partial charge in [0, 0.05) is 38.3 Å². The molecule has 1 aromatic carbocycles. The second-order valence-electron chi connectivity index (χ2n) is 5.95. The van der Waals surface area contributed by atoms with E-state index in [1.807, 2.05) is 17.0 Å². The second kappa shape index (κ2) is 6.35. The third kappa shape index (κ3) is 3.47. The number of phenolic OH excluding ortho intramolecular Hbond substituents is 1. The van der Waals surface area contributed by atoms with Crippen LogP contribution in [0.3, 0.4) is 0 Å². The van der Waals surface area contributed by atoms with Crippen molar-refractivity contribution in [3.63, 3.8) is 0 Å². The average Bonchev–Trinajstić information content (AvgIpc) is 3.01. The van der Waals surface area contributed by atoms with E-state index in [-0.39, 0.29) is 5.75 Å². The molecule has 1 aromatic rings. The number of anilines is 1. The Morgan fingerprint density at radius 3 is 2.52 bits per heavy atom. The summed E-state index contributed by atoms with van der Waals surface area (Å²) in [5.41, 5.74) is 1.11. The van der Waals surface area contributed by atoms with Crippen molar-refractivity contribution < 1.29 is 9.90 Å². The summed E-state index contributed by atoms with van der Waals surface area (Å²) in [6, 6.07) is 7.27. The molecule has 0 aliphatic carbocycles. The van der Waals surface area contributed by atoms with Crippen LogP contribution in [0.2, 0.25) is 0 Å². The molecule has 5 heteroatoms. The minimum Gasteiger partial charge on any atom is -0.508 e. The quantitative estimate of drug-likeness (QED) is 0.873. The smallest absolute Gasteiger partial charge is 0.223 e. The normalized spacial score (nSPS) is 22.6. The summed E-state index contributed by atoms with van der Waals surface area (Å²) in [5.74, 6) is 1.11. The number of nitrogens with one attached hydrogen (secondary N) is 1. The Morgan fingerprint density at radius 1 is 1.19 bits per heavy atom. The molecule has 2 saturated heterocycles. The van der Waals surface area contributed by atoms with Crippen molar-refractivity contribution in [2.45, 2.75) is 12.8 Å². The van der Waals surface area contributed by atoms with Gasteiger partial charge in [0.15, 0.2) is 0 Å². The maximum Gasteiger partial charge on any atom is 0.223 e. The third-order valence-corrected chi connectivity index (χ3v) is 4.47. The molecule has 5 nitrogen and oxygen atoms in total. The van der Waals surface area contributed by atoms with Crippen LogP contribution in [-0.4, -0.2) is 55.2 Å². The molecule has 0 bridgehead atoms. The number of phenols is 1. The molecule has 2 fully saturated rings. The van der Waals surface area contributed by atoms with Gasteiger partial charge in [-0.3, -0.25) is 4.79 Å². The molecule has 2 aliphatic rings. The van der Waals surface area contributed by atoms with E-state index in [2.05, 4.69) is 10.2 Å². The van der Waals surface area contributed by atoms with Gasteiger partial charge in [-0.1, -0.05) is 0 Å². The Balaban J connectivity index is 1.50. The first-order valence-corrected chi connectivity index (χ1v) is 7.75. The summed E-state index contributed by atoms with van der Waals surface area (Å²) in [7, 11) is 0. The zero-order valence-corrected chi connectivity index (χ0v) is 12.3. The molecule has 1 unspecified atom stereocenters. The highest BCUT2D eigenvalue weighted by molar-refractivity contribution is 5.77. The molecule has 21 heavy (non-hydrogen) atoms. The van der Waals surface area contributed by atoms with E-state index >= 15 is 0 Å². The van der Waals surface area contributed by atoms with Crippen LogP contribution in [0.25, 0.3) is 0 Å². The Labute approximate surface area is 125 Å². The maximum absolute atomic E-state index is 12.3. The highest BCUT2D eigenvalue weighted by Gasteiger charge is 2.25. The predicted octanol–water partition coefficient (Wildman–Crippen LogP) is 1.04. The van der Waals surface area contributed by atoms with E-state index in [4.69, 9.17) is 0 Å². The van der Waals surface area contributed by atoms with Crippen molar-refractivity contribution in [3.05, 3.63) is 24.3 Å². The summed E-state index contributed by atoms with van der Waals surface area (Å²) in [6.45, 7) is 5.34. The number of carbonyl (C=O) groups is 1. The van der Waals surface area contributed by atoms with E-state index in [0.717, 1.165) is 51.4 Å². The van der Waals surface area contributed by atoms with Crippen molar-refractivity contribution in [1.29, 1.82) is 0 Å². The third-order valence-electron chi connectivity index (χ3n) is 4.47. The zero-order valence-electron chi connectivity index (χ0n) is 12.3. The van der Waals surface area contributed by atoms with Crippen molar-refractivity contribution in [1.82, 2.24) is 10.2 Å². The van der Waals surface area contributed by atoms with Gasteiger partial charge >= 0.3 is 0 Å². The first kappa shape index (κ1) is 14.2. The highest BCUT2D eigenvalue weighted by atomic mass is 16.3. The van der Waals surface area contributed by atoms with Crippen LogP contribution < -0.4 is 10.2 Å². The van der Waals surface area contributed by atoms with Gasteiger partial charge in [0.05, 0.1) is 0 Å². The molecule has 0 aromatic heterocycles. The van der Waals surface area contributed by atoms with E-state index in [0.29, 0.717) is 18.2 Å². The Morgan fingerprint density at radius 2 is 1.90 bits per heavy atom. The Kier molecular flexibility index (Phi) is 4.29. The summed E-state index contributed by atoms with van der Waals surface area (Å²) < 4.78 is 0. The number of piperazine rings is 1. The molecule has 1 amide bonds. The average molecular weight is 289 g/mol. The molecule has 2 aliphatic heterocycles. The van der Waals surface area contributed by atoms with E-state index in [1.54, 1.807) is 12.1 Å². The van der Waals surface area contributed by atoms with Gasteiger partial charge in [-0.15, -0.1) is 0 Å². The molecule has 2 heterocycles. The molecule has 0 saturated carbocycles.